The predicted molar refractivity (Wildman–Crippen MR) is 155 cm³/mol. The van der Waals surface area contributed by atoms with Gasteiger partial charge in [-0.1, -0.05) is 40.5 Å². The van der Waals surface area contributed by atoms with Crippen LogP contribution in [0.5, 0.6) is 5.75 Å². The van der Waals surface area contributed by atoms with E-state index in [1.165, 1.54) is 12.1 Å². The molecule has 212 valence electrons. The largest absolute Gasteiger partial charge is 0.491 e. The highest BCUT2D eigenvalue weighted by molar-refractivity contribution is 6.39. The van der Waals surface area contributed by atoms with Crippen LogP contribution in [0, 0.1) is 5.82 Å². The molecule has 1 saturated heterocycles. The van der Waals surface area contributed by atoms with Crippen LogP contribution in [-0.4, -0.2) is 70.5 Å². The van der Waals surface area contributed by atoms with Gasteiger partial charge in [-0.3, -0.25) is 9.80 Å². The molecule has 0 amide bonds. The summed E-state index contributed by atoms with van der Waals surface area (Å²) in [6.07, 6.45) is -0.658. The molecule has 1 fully saturated rings. The van der Waals surface area contributed by atoms with Crippen molar-refractivity contribution in [2.24, 2.45) is 0 Å². The molecule has 0 spiro atoms. The van der Waals surface area contributed by atoms with E-state index in [4.69, 9.17) is 36.9 Å². The molecule has 1 N–H and O–H groups in total. The summed E-state index contributed by atoms with van der Waals surface area (Å²) in [6.45, 7) is 4.54. The monoisotopic (exact) mass is 596 g/mol. The number of benzene rings is 3. The number of rotatable bonds is 9. The molecule has 0 radical (unpaired) electrons. The summed E-state index contributed by atoms with van der Waals surface area (Å²) in [5, 5.41) is 15.8. The zero-order valence-corrected chi connectivity index (χ0v) is 23.5. The molecule has 0 bridgehead atoms. The Morgan fingerprint density at radius 3 is 2.49 bits per heavy atom. The Morgan fingerprint density at radius 1 is 0.951 bits per heavy atom. The van der Waals surface area contributed by atoms with E-state index in [0.29, 0.717) is 62.7 Å². The number of aliphatic hydroxyl groups excluding tert-OH is 1. The molecular formula is C30H27Cl2FN4O4. The van der Waals surface area contributed by atoms with Crippen molar-refractivity contribution in [1.29, 1.82) is 0 Å². The van der Waals surface area contributed by atoms with Gasteiger partial charge in [0.25, 0.3) is 0 Å². The normalized spacial score (nSPS) is 15.4. The van der Waals surface area contributed by atoms with Crippen molar-refractivity contribution in [2.45, 2.75) is 12.6 Å². The van der Waals surface area contributed by atoms with Crippen molar-refractivity contribution in [3.05, 3.63) is 88.4 Å². The summed E-state index contributed by atoms with van der Waals surface area (Å²) in [5.41, 5.74) is 3.02. The molecule has 8 nitrogen and oxygen atoms in total. The Labute approximate surface area is 245 Å². The first kappa shape index (κ1) is 27.7. The van der Waals surface area contributed by atoms with Gasteiger partial charge in [0.05, 0.1) is 16.6 Å². The number of oxazole rings is 1. The summed E-state index contributed by atoms with van der Waals surface area (Å²) < 4.78 is 30.7. The zero-order chi connectivity index (χ0) is 28.3. The van der Waals surface area contributed by atoms with E-state index in [-0.39, 0.29) is 12.4 Å². The molecule has 1 atom stereocenters. The van der Waals surface area contributed by atoms with E-state index < -0.39 is 6.10 Å². The minimum Gasteiger partial charge on any atom is -0.491 e. The van der Waals surface area contributed by atoms with Crippen molar-refractivity contribution < 1.29 is 23.2 Å². The first-order chi connectivity index (χ1) is 19.9. The molecule has 2 aromatic heterocycles. The maximum absolute atomic E-state index is 13.6. The van der Waals surface area contributed by atoms with Crippen LogP contribution in [0.3, 0.4) is 0 Å². The molecule has 3 aromatic carbocycles. The number of nitrogens with zero attached hydrogens (tertiary/aromatic N) is 4. The Morgan fingerprint density at radius 2 is 1.71 bits per heavy atom. The topological polar surface area (TPSA) is 88.0 Å². The van der Waals surface area contributed by atoms with Crippen molar-refractivity contribution in [3.8, 4) is 28.5 Å². The van der Waals surface area contributed by atoms with E-state index in [0.717, 1.165) is 31.9 Å². The first-order valence-corrected chi connectivity index (χ1v) is 14.0. The number of aliphatic hydroxyl groups is 1. The molecule has 1 aliphatic rings. The van der Waals surface area contributed by atoms with Crippen LogP contribution >= 0.6 is 23.2 Å². The number of piperazine rings is 1. The number of halogens is 3. The Balaban J connectivity index is 0.970. The quantitative estimate of drug-likeness (QED) is 0.217. The summed E-state index contributed by atoms with van der Waals surface area (Å²) in [7, 11) is 0. The Bertz CT molecular complexity index is 1630. The van der Waals surface area contributed by atoms with E-state index in [1.807, 2.05) is 6.07 Å². The minimum atomic E-state index is -0.658. The number of ether oxygens (including phenoxy) is 1. The van der Waals surface area contributed by atoms with Crippen molar-refractivity contribution in [1.82, 2.24) is 19.9 Å². The average Bonchev–Trinajstić information content (AvgIpc) is 3.60. The highest BCUT2D eigenvalue weighted by Gasteiger charge is 2.22. The number of aromatic nitrogens is 2. The molecule has 1 aliphatic heterocycles. The molecule has 0 saturated carbocycles. The van der Waals surface area contributed by atoms with Gasteiger partial charge in [-0.05, 0) is 42.5 Å². The molecule has 5 aromatic rings. The third-order valence-electron chi connectivity index (χ3n) is 6.96. The van der Waals surface area contributed by atoms with Crippen LogP contribution in [0.4, 0.5) is 4.39 Å². The van der Waals surface area contributed by atoms with Gasteiger partial charge in [0.15, 0.2) is 11.3 Å². The average molecular weight is 597 g/mol. The van der Waals surface area contributed by atoms with Gasteiger partial charge in [-0.25, -0.2) is 9.37 Å². The second-order valence-electron chi connectivity index (χ2n) is 9.98. The van der Waals surface area contributed by atoms with Crippen molar-refractivity contribution >= 4 is 34.3 Å². The SMILES string of the molecule is O[C@@H](COc1ccc2oc(-c3cccc(F)c3)nc2c1)CN1CCN(Cc2cc(-c3c(Cl)cccc3Cl)no2)CC1. The smallest absolute Gasteiger partial charge is 0.227 e. The standard InChI is InChI=1S/C30H27Cl2FN4O4/c31-24-5-2-6-25(32)29(24)27-15-23(41-35-27)17-37-11-9-36(10-12-37)16-21(38)18-39-22-7-8-28-26(14-22)34-30(40-28)19-3-1-4-20(33)13-19/h1-8,13-15,21,38H,9-12,16-18H2/t21-/m1/s1. The van der Waals surface area contributed by atoms with E-state index in [1.54, 1.807) is 48.5 Å². The van der Waals surface area contributed by atoms with E-state index in [9.17, 15) is 9.50 Å². The lowest BCUT2D eigenvalue weighted by molar-refractivity contribution is 0.0430. The Kier molecular flexibility index (Phi) is 8.23. The van der Waals surface area contributed by atoms with Gasteiger partial charge in [0, 0.05) is 56.0 Å². The maximum Gasteiger partial charge on any atom is 0.227 e. The number of hydrogen-bond donors (Lipinski definition) is 1. The van der Waals surface area contributed by atoms with Gasteiger partial charge in [-0.15, -0.1) is 0 Å². The molecule has 11 heteroatoms. The number of β-amino-alcohol motifs (C(OH)–C–C–N with tert-alkyl or cyclic N) is 1. The van der Waals surface area contributed by atoms with Crippen molar-refractivity contribution in [2.75, 3.05) is 39.3 Å². The van der Waals surface area contributed by atoms with Gasteiger partial charge >= 0.3 is 0 Å². The van der Waals surface area contributed by atoms with Crippen LogP contribution in [0.15, 0.2) is 75.7 Å². The molecular weight excluding hydrogens is 570 g/mol. The van der Waals surface area contributed by atoms with Crippen LogP contribution in [-0.2, 0) is 6.54 Å². The lowest BCUT2D eigenvalue weighted by Crippen LogP contribution is -2.48. The van der Waals surface area contributed by atoms with Gasteiger partial charge < -0.3 is 18.8 Å². The number of fused-ring (bicyclic) bond motifs is 1. The fraction of sp³-hybridized carbons (Fsp3) is 0.267. The van der Waals surface area contributed by atoms with E-state index >= 15 is 0 Å². The van der Waals surface area contributed by atoms with Gasteiger partial charge in [-0.2, -0.15) is 0 Å². The van der Waals surface area contributed by atoms with Crippen LogP contribution in [0.2, 0.25) is 10.0 Å². The van der Waals surface area contributed by atoms with Crippen LogP contribution < -0.4 is 4.74 Å². The zero-order valence-electron chi connectivity index (χ0n) is 22.0. The lowest BCUT2D eigenvalue weighted by atomic mass is 10.1. The van der Waals surface area contributed by atoms with Gasteiger partial charge in [0.2, 0.25) is 5.89 Å². The van der Waals surface area contributed by atoms with E-state index in [2.05, 4.69) is 19.9 Å². The number of hydrogen-bond acceptors (Lipinski definition) is 8. The minimum absolute atomic E-state index is 0.145. The lowest BCUT2D eigenvalue weighted by Gasteiger charge is -2.35. The second kappa shape index (κ2) is 12.2. The second-order valence-corrected chi connectivity index (χ2v) is 10.8. The molecule has 0 aliphatic carbocycles. The fourth-order valence-electron chi connectivity index (χ4n) is 4.88. The summed E-state index contributed by atoms with van der Waals surface area (Å²) in [5.74, 6) is 1.30. The van der Waals surface area contributed by atoms with Gasteiger partial charge in [0.1, 0.15) is 35.5 Å². The van der Waals surface area contributed by atoms with Crippen molar-refractivity contribution in [3.63, 3.8) is 0 Å². The molecule has 6 rings (SSSR count). The maximum atomic E-state index is 13.6. The summed E-state index contributed by atoms with van der Waals surface area (Å²) in [4.78, 5) is 8.95. The highest BCUT2D eigenvalue weighted by atomic mass is 35.5. The summed E-state index contributed by atoms with van der Waals surface area (Å²) in [6, 6.07) is 18.6. The fourth-order valence-corrected chi connectivity index (χ4v) is 5.47. The molecule has 0 unspecified atom stereocenters. The third kappa shape index (κ3) is 6.55. The summed E-state index contributed by atoms with van der Waals surface area (Å²) >= 11 is 12.6. The van der Waals surface area contributed by atoms with Crippen LogP contribution in [0.25, 0.3) is 33.8 Å². The Hall–Kier alpha value is -3.47. The van der Waals surface area contributed by atoms with Crippen LogP contribution in [0.1, 0.15) is 5.76 Å². The molecule has 41 heavy (non-hydrogen) atoms. The first-order valence-electron chi connectivity index (χ1n) is 13.2. The molecule has 3 heterocycles. The predicted octanol–water partition coefficient (Wildman–Crippen LogP) is 6.15. The highest BCUT2D eigenvalue weighted by Crippen LogP contribution is 2.34. The third-order valence-corrected chi connectivity index (χ3v) is 7.59.